The van der Waals surface area contributed by atoms with E-state index in [0.29, 0.717) is 41.3 Å². The lowest BCUT2D eigenvalue weighted by Crippen LogP contribution is -2.58. The first-order chi connectivity index (χ1) is 15.8. The van der Waals surface area contributed by atoms with E-state index in [2.05, 4.69) is 63.2 Å². The van der Waals surface area contributed by atoms with Crippen molar-refractivity contribution in [2.75, 3.05) is 7.11 Å². The molecule has 10 atom stereocenters. The van der Waals surface area contributed by atoms with Gasteiger partial charge in [0.05, 0.1) is 37.7 Å². The Morgan fingerprint density at radius 3 is 2.36 bits per heavy atom. The third-order valence-electron chi connectivity index (χ3n) is 10.7. The van der Waals surface area contributed by atoms with Gasteiger partial charge in [-0.15, -0.1) is 0 Å². The smallest absolute Gasteiger partial charge is 0.305 e. The maximum Gasteiger partial charge on any atom is 0.305 e. The molecule has 4 nitrogen and oxygen atoms in total. The van der Waals surface area contributed by atoms with E-state index >= 15 is 0 Å². The first kappa shape index (κ1) is 27.6. The summed E-state index contributed by atoms with van der Waals surface area (Å²) in [4.78, 5) is 11.8. The van der Waals surface area contributed by atoms with E-state index in [4.69, 9.17) is 13.1 Å². The molecule has 33 heavy (non-hydrogen) atoms. The molecular weight excluding hydrogens is 682 g/mol. The van der Waals surface area contributed by atoms with Crippen LogP contribution < -0.4 is 0 Å². The van der Waals surface area contributed by atoms with Crippen molar-refractivity contribution >= 4 is 66.8 Å². The fraction of sp³-hybridized carbons (Fsp3) is 0.960. The van der Waals surface area contributed by atoms with Gasteiger partial charge in [-0.3, -0.25) is 4.79 Å². The molecule has 0 aromatic rings. The van der Waals surface area contributed by atoms with Crippen LogP contribution in [0.25, 0.3) is 0 Å². The summed E-state index contributed by atoms with van der Waals surface area (Å²) >= 11 is 4.57. The third-order valence-corrected chi connectivity index (χ3v) is 12.6. The molecule has 0 N–H and O–H groups in total. The predicted molar refractivity (Wildman–Crippen MR) is 154 cm³/mol. The number of carbonyl (C=O) groups is 1. The molecule has 0 aliphatic heterocycles. The zero-order chi connectivity index (χ0) is 23.8. The summed E-state index contributed by atoms with van der Waals surface area (Å²) in [5, 5.41) is 0. The van der Waals surface area contributed by atoms with Crippen LogP contribution in [0.4, 0.5) is 0 Å². The molecule has 0 heterocycles. The summed E-state index contributed by atoms with van der Waals surface area (Å²) in [5.41, 5.74) is 0.770. The zero-order valence-electron chi connectivity index (χ0n) is 20.4. The number of methoxy groups -OCH3 is 1. The van der Waals surface area contributed by atoms with Crippen LogP contribution in [-0.4, -0.2) is 25.3 Å². The Labute approximate surface area is 233 Å². The highest BCUT2D eigenvalue weighted by Gasteiger charge is 2.63. The van der Waals surface area contributed by atoms with Crippen LogP contribution in [0.5, 0.6) is 0 Å². The molecule has 0 aromatic heterocycles. The summed E-state index contributed by atoms with van der Waals surface area (Å²) in [6, 6.07) is 0. The quantitative estimate of drug-likeness (QED) is 0.142. The van der Waals surface area contributed by atoms with Crippen LogP contribution in [0.1, 0.15) is 85.0 Å². The number of carbonyl (C=O) groups excluding carboxylic acids is 1. The zero-order valence-corrected chi connectivity index (χ0v) is 26.3. The Morgan fingerprint density at radius 2 is 1.67 bits per heavy atom. The second-order valence-corrected chi connectivity index (χ2v) is 14.6. The number of rotatable bonds is 8. The number of halogens is 2. The third kappa shape index (κ3) is 5.28. The molecule has 0 amide bonds. The Balaban J connectivity index is 1.53. The van der Waals surface area contributed by atoms with Crippen LogP contribution in [-0.2, 0) is 17.9 Å². The lowest BCUT2D eigenvalue weighted by Gasteiger charge is -2.62. The molecule has 8 heteroatoms. The van der Waals surface area contributed by atoms with Gasteiger partial charge < -0.3 is 13.1 Å². The van der Waals surface area contributed by atoms with Gasteiger partial charge in [0.1, 0.15) is 0 Å². The van der Waals surface area contributed by atoms with E-state index in [0.717, 1.165) is 36.5 Å². The minimum Gasteiger partial charge on any atom is -0.469 e. The topological polar surface area (TPSA) is 44.8 Å². The first-order valence-corrected chi connectivity index (χ1v) is 19.3. The van der Waals surface area contributed by atoms with Crippen molar-refractivity contribution in [1.82, 2.24) is 0 Å². The molecule has 0 unspecified atom stereocenters. The molecule has 4 saturated carbocycles. The number of esters is 1. The van der Waals surface area contributed by atoms with E-state index in [1.54, 1.807) is 0 Å². The summed E-state index contributed by atoms with van der Waals surface area (Å²) in [6.07, 6.45) is 12.4. The summed E-state index contributed by atoms with van der Waals surface area (Å²) in [5.74, 6) is 4.23. The van der Waals surface area contributed by atoms with Crippen molar-refractivity contribution in [3.05, 3.63) is 0 Å². The monoisotopic (exact) mass is 722 g/mol. The van der Waals surface area contributed by atoms with Crippen LogP contribution in [0.15, 0.2) is 0 Å². The van der Waals surface area contributed by atoms with Gasteiger partial charge in [0.15, 0.2) is 0 Å². The number of fused-ring (bicyclic) bond motifs is 5. The maximum atomic E-state index is 11.8. The SMILES string of the molecule is COC(=O)CC[C@@H](C)[C@H]1CC[C@H]2[C@@H]3C[C@H](OSI)[C@@H]4C[C@H](OSI)CC[C@]4(C)[C@H]3CC[C@]12C. The molecular formula is C25H40I2O4S2. The van der Waals surface area contributed by atoms with Crippen LogP contribution >= 0.6 is 60.8 Å². The molecule has 0 aromatic carbocycles. The second kappa shape index (κ2) is 11.5. The summed E-state index contributed by atoms with van der Waals surface area (Å²) in [7, 11) is 4.54. The van der Waals surface area contributed by atoms with Gasteiger partial charge in [0.25, 0.3) is 0 Å². The lowest BCUT2D eigenvalue weighted by atomic mass is 9.43. The largest absolute Gasteiger partial charge is 0.469 e. The fourth-order valence-electron chi connectivity index (χ4n) is 9.15. The minimum absolute atomic E-state index is 0.0617. The molecule has 0 bridgehead atoms. The second-order valence-electron chi connectivity index (χ2n) is 11.8. The van der Waals surface area contributed by atoms with Gasteiger partial charge in [-0.25, -0.2) is 0 Å². The van der Waals surface area contributed by atoms with Gasteiger partial charge in [-0.1, -0.05) is 20.8 Å². The van der Waals surface area contributed by atoms with Crippen molar-refractivity contribution < 1.29 is 17.9 Å². The Morgan fingerprint density at radius 1 is 0.970 bits per heavy atom. The molecule has 4 aliphatic carbocycles. The number of hydrogen-bond donors (Lipinski definition) is 0. The van der Waals surface area contributed by atoms with E-state index in [1.165, 1.54) is 70.5 Å². The standard InChI is InChI=1S/C25H40I2O4S2/c1-15(5-8-23(28)29-4)18-6-7-19-17-14-22(31-33-27)21-13-16(30-32-26)9-11-25(21,3)20(17)10-12-24(18,19)2/h15-22H,5-14H2,1-4H3/t15-,16-,17+,18-,19+,20+,21+,22+,24-,25-/m1/s1. The first-order valence-electron chi connectivity index (χ1n) is 12.7. The van der Waals surface area contributed by atoms with Crippen LogP contribution in [0.2, 0.25) is 0 Å². The predicted octanol–water partition coefficient (Wildman–Crippen LogP) is 8.61. The van der Waals surface area contributed by atoms with Gasteiger partial charge in [-0.05, 0) is 104 Å². The maximum absolute atomic E-state index is 11.8. The van der Waals surface area contributed by atoms with E-state index in [9.17, 15) is 4.79 Å². The molecule has 4 rings (SSSR count). The lowest BCUT2D eigenvalue weighted by molar-refractivity contribution is -0.160. The van der Waals surface area contributed by atoms with Crippen molar-refractivity contribution in [2.45, 2.75) is 97.2 Å². The summed E-state index contributed by atoms with van der Waals surface area (Å²) in [6.45, 7) is 7.58. The average Bonchev–Trinajstić information content (AvgIpc) is 3.15. The summed E-state index contributed by atoms with van der Waals surface area (Å²) < 4.78 is 17.4. The van der Waals surface area contributed by atoms with E-state index in [1.807, 2.05) is 0 Å². The number of hydrogen-bond acceptors (Lipinski definition) is 6. The van der Waals surface area contributed by atoms with Gasteiger partial charge in [-0.2, -0.15) is 0 Å². The van der Waals surface area contributed by atoms with E-state index < -0.39 is 0 Å². The van der Waals surface area contributed by atoms with E-state index in [-0.39, 0.29) is 5.97 Å². The van der Waals surface area contributed by atoms with Gasteiger partial charge in [0.2, 0.25) is 0 Å². The van der Waals surface area contributed by atoms with Crippen LogP contribution in [0, 0.1) is 46.3 Å². The molecule has 0 radical (unpaired) electrons. The highest BCUT2D eigenvalue weighted by molar-refractivity contribution is 14.2. The Kier molecular flexibility index (Phi) is 9.63. The molecule has 4 aliphatic rings. The molecule has 4 fully saturated rings. The molecule has 0 spiro atoms. The minimum atomic E-state index is -0.0617. The Hall–Kier alpha value is 1.55. The highest BCUT2D eigenvalue weighted by Crippen LogP contribution is 2.69. The van der Waals surface area contributed by atoms with Gasteiger partial charge >= 0.3 is 5.97 Å². The highest BCUT2D eigenvalue weighted by atomic mass is 127. The fourth-order valence-corrected chi connectivity index (χ4v) is 11.4. The van der Waals surface area contributed by atoms with Crippen LogP contribution in [0.3, 0.4) is 0 Å². The van der Waals surface area contributed by atoms with Crippen molar-refractivity contribution in [3.8, 4) is 0 Å². The van der Waals surface area contributed by atoms with Crippen molar-refractivity contribution in [2.24, 2.45) is 46.3 Å². The normalized spacial score (nSPS) is 45.6. The van der Waals surface area contributed by atoms with Crippen molar-refractivity contribution in [1.29, 1.82) is 0 Å². The average molecular weight is 723 g/mol. The van der Waals surface area contributed by atoms with Crippen molar-refractivity contribution in [3.63, 3.8) is 0 Å². The Bertz CT molecular complexity index is 699. The molecule has 0 saturated heterocycles. The van der Waals surface area contributed by atoms with Gasteiger partial charge in [0, 0.05) is 48.8 Å². The molecule has 190 valence electrons. The number of ether oxygens (including phenoxy) is 1.